The van der Waals surface area contributed by atoms with Gasteiger partial charge in [0.1, 0.15) is 0 Å². The number of hydrogen-bond acceptors (Lipinski definition) is 4. The van der Waals surface area contributed by atoms with Crippen molar-refractivity contribution in [2.45, 2.75) is 9.92 Å². The smallest absolute Gasteiger partial charge is 0.229 e. The van der Waals surface area contributed by atoms with Crippen molar-refractivity contribution in [3.05, 3.63) is 64.8 Å². The van der Waals surface area contributed by atoms with Gasteiger partial charge in [-0.1, -0.05) is 30.3 Å². The summed E-state index contributed by atoms with van der Waals surface area (Å²) in [6.07, 6.45) is 0. The molecule has 1 aromatic heterocycles. The average molecular weight is 286 g/mol. The summed E-state index contributed by atoms with van der Waals surface area (Å²) in [4.78, 5) is 12.3. The van der Waals surface area contributed by atoms with Crippen LogP contribution in [-0.2, 0) is 9.84 Å². The van der Waals surface area contributed by atoms with Crippen molar-refractivity contribution in [3.63, 3.8) is 0 Å². The molecule has 0 radical (unpaired) electrons. The zero-order valence-corrected chi connectivity index (χ0v) is 11.1. The van der Waals surface area contributed by atoms with Crippen LogP contribution in [-0.4, -0.2) is 18.6 Å². The third-order valence-electron chi connectivity index (χ3n) is 2.95. The van der Waals surface area contributed by atoms with Crippen molar-refractivity contribution in [2.75, 3.05) is 0 Å². The molecular weight excluding hydrogens is 276 g/mol. The van der Waals surface area contributed by atoms with Crippen molar-refractivity contribution in [1.82, 2.24) is 10.2 Å². The van der Waals surface area contributed by atoms with E-state index >= 15 is 0 Å². The fraction of sp³-hybridized carbons (Fsp3) is 0. The van der Waals surface area contributed by atoms with Crippen molar-refractivity contribution < 1.29 is 8.42 Å². The van der Waals surface area contributed by atoms with Crippen LogP contribution in [0.4, 0.5) is 0 Å². The molecule has 0 spiro atoms. The van der Waals surface area contributed by atoms with E-state index in [-0.39, 0.29) is 4.90 Å². The van der Waals surface area contributed by atoms with Crippen LogP contribution < -0.4 is 5.43 Å². The first-order valence-corrected chi connectivity index (χ1v) is 7.36. The van der Waals surface area contributed by atoms with Crippen LogP contribution in [0.25, 0.3) is 10.9 Å². The summed E-state index contributed by atoms with van der Waals surface area (Å²) in [6, 6.07) is 14.4. The van der Waals surface area contributed by atoms with Crippen molar-refractivity contribution in [2.24, 2.45) is 0 Å². The molecule has 0 atom stereocenters. The van der Waals surface area contributed by atoms with Crippen LogP contribution >= 0.6 is 0 Å². The highest BCUT2D eigenvalue weighted by molar-refractivity contribution is 7.91. The Balaban J connectivity index is 2.31. The fourth-order valence-corrected chi connectivity index (χ4v) is 3.21. The van der Waals surface area contributed by atoms with Gasteiger partial charge in [0.15, 0.2) is 0 Å². The van der Waals surface area contributed by atoms with Gasteiger partial charge in [0, 0.05) is 0 Å². The van der Waals surface area contributed by atoms with Gasteiger partial charge in [-0.15, -0.1) is 0 Å². The molecule has 1 heterocycles. The van der Waals surface area contributed by atoms with E-state index in [1.54, 1.807) is 42.5 Å². The van der Waals surface area contributed by atoms with E-state index in [0.29, 0.717) is 10.9 Å². The monoisotopic (exact) mass is 286 g/mol. The number of sulfone groups is 1. The molecule has 3 rings (SSSR count). The number of benzene rings is 2. The van der Waals surface area contributed by atoms with E-state index < -0.39 is 20.3 Å². The zero-order valence-electron chi connectivity index (χ0n) is 10.3. The molecule has 5 nitrogen and oxygen atoms in total. The van der Waals surface area contributed by atoms with Crippen molar-refractivity contribution >= 4 is 20.7 Å². The van der Waals surface area contributed by atoms with Gasteiger partial charge in [-0.2, -0.15) is 5.10 Å². The second kappa shape index (κ2) is 4.57. The number of nitrogens with one attached hydrogen (secondary N) is 1. The average Bonchev–Trinajstić information content (AvgIpc) is 2.48. The Bertz CT molecular complexity index is 931. The second-order valence-electron chi connectivity index (χ2n) is 4.22. The number of nitrogens with zero attached hydrogens (tertiary/aromatic N) is 1. The summed E-state index contributed by atoms with van der Waals surface area (Å²) in [5.41, 5.74) is -0.0901. The van der Waals surface area contributed by atoms with Gasteiger partial charge in [-0.25, -0.2) is 8.42 Å². The number of para-hydroxylation sites is 1. The minimum Gasteiger partial charge on any atom is -0.286 e. The van der Waals surface area contributed by atoms with Gasteiger partial charge in [0.2, 0.25) is 20.3 Å². The summed E-state index contributed by atoms with van der Waals surface area (Å²) >= 11 is 0. The van der Waals surface area contributed by atoms with Crippen molar-refractivity contribution in [3.8, 4) is 0 Å². The highest BCUT2D eigenvalue weighted by Gasteiger charge is 2.23. The molecule has 0 saturated carbocycles. The Morgan fingerprint density at radius 1 is 0.900 bits per heavy atom. The Hall–Kier alpha value is -2.47. The second-order valence-corrected chi connectivity index (χ2v) is 6.08. The molecule has 0 bridgehead atoms. The predicted molar refractivity (Wildman–Crippen MR) is 74.3 cm³/mol. The molecule has 20 heavy (non-hydrogen) atoms. The van der Waals surface area contributed by atoms with Crippen LogP contribution in [0.2, 0.25) is 0 Å². The van der Waals surface area contributed by atoms with Gasteiger partial charge in [0.05, 0.1) is 15.8 Å². The number of hydrogen-bond donors (Lipinski definition) is 1. The molecule has 0 aliphatic heterocycles. The molecule has 0 aliphatic rings. The van der Waals surface area contributed by atoms with Gasteiger partial charge in [0.25, 0.3) is 0 Å². The first-order valence-electron chi connectivity index (χ1n) is 5.88. The maximum Gasteiger partial charge on any atom is 0.229 e. The lowest BCUT2D eigenvalue weighted by atomic mass is 10.2. The highest BCUT2D eigenvalue weighted by Crippen LogP contribution is 2.17. The SMILES string of the molecule is O=c1c(S(=O)(=O)c2ccccc2)n[nH]c2ccccc12. The first-order chi connectivity index (χ1) is 9.60. The molecular formula is C14H10N2O3S. The van der Waals surface area contributed by atoms with Gasteiger partial charge >= 0.3 is 0 Å². The number of aromatic amines is 1. The van der Waals surface area contributed by atoms with Gasteiger partial charge in [-0.3, -0.25) is 9.89 Å². The normalized spacial score (nSPS) is 11.6. The summed E-state index contributed by atoms with van der Waals surface area (Å²) in [7, 11) is -3.92. The van der Waals surface area contributed by atoms with E-state index in [0.717, 1.165) is 0 Å². The van der Waals surface area contributed by atoms with E-state index in [1.807, 2.05) is 0 Å². The minimum atomic E-state index is -3.92. The van der Waals surface area contributed by atoms with E-state index in [9.17, 15) is 13.2 Å². The maximum absolute atomic E-state index is 12.4. The quantitative estimate of drug-likeness (QED) is 0.778. The summed E-state index contributed by atoms with van der Waals surface area (Å²) in [5.74, 6) is 0. The topological polar surface area (TPSA) is 79.9 Å². The van der Waals surface area contributed by atoms with Crippen molar-refractivity contribution in [1.29, 1.82) is 0 Å². The van der Waals surface area contributed by atoms with Gasteiger partial charge < -0.3 is 0 Å². The third kappa shape index (κ3) is 1.90. The molecule has 0 amide bonds. The van der Waals surface area contributed by atoms with Crippen LogP contribution in [0, 0.1) is 0 Å². The zero-order chi connectivity index (χ0) is 14.2. The molecule has 0 fully saturated rings. The van der Waals surface area contributed by atoms with Crippen LogP contribution in [0.1, 0.15) is 0 Å². The summed E-state index contributed by atoms with van der Waals surface area (Å²) in [5, 5.41) is 6.15. The molecule has 1 N–H and O–H groups in total. The Kier molecular flexibility index (Phi) is 2.87. The summed E-state index contributed by atoms with van der Waals surface area (Å²) in [6.45, 7) is 0. The van der Waals surface area contributed by atoms with Crippen LogP contribution in [0.3, 0.4) is 0 Å². The minimum absolute atomic E-state index is 0.0493. The van der Waals surface area contributed by atoms with Crippen LogP contribution in [0.5, 0.6) is 0 Å². The lowest BCUT2D eigenvalue weighted by Gasteiger charge is -2.04. The van der Waals surface area contributed by atoms with E-state index in [2.05, 4.69) is 10.2 Å². The Labute approximate surface area is 114 Å². The molecule has 3 aromatic rings. The molecule has 0 saturated heterocycles. The molecule has 2 aromatic carbocycles. The number of aromatic nitrogens is 2. The maximum atomic E-state index is 12.4. The van der Waals surface area contributed by atoms with E-state index in [1.165, 1.54) is 12.1 Å². The number of H-pyrrole nitrogens is 1. The van der Waals surface area contributed by atoms with Gasteiger partial charge in [-0.05, 0) is 24.3 Å². The Morgan fingerprint density at radius 3 is 2.30 bits per heavy atom. The standard InChI is InChI=1S/C14H10N2O3S/c17-13-11-8-4-5-9-12(11)15-16-14(13)20(18,19)10-6-2-1-3-7-10/h1-9H,(H,15,17). The predicted octanol–water partition coefficient (Wildman–Crippen LogP) is 1.76. The van der Waals surface area contributed by atoms with Crippen LogP contribution in [0.15, 0.2) is 69.3 Å². The summed E-state index contributed by atoms with van der Waals surface area (Å²) < 4.78 is 24.8. The number of rotatable bonds is 2. The lowest BCUT2D eigenvalue weighted by Crippen LogP contribution is -2.18. The fourth-order valence-electron chi connectivity index (χ4n) is 1.95. The third-order valence-corrected chi connectivity index (χ3v) is 4.63. The van der Waals surface area contributed by atoms with E-state index in [4.69, 9.17) is 0 Å². The molecule has 0 unspecified atom stereocenters. The molecule has 6 heteroatoms. The highest BCUT2D eigenvalue weighted by atomic mass is 32.2. The first kappa shape index (κ1) is 12.6. The number of fused-ring (bicyclic) bond motifs is 1. The Morgan fingerprint density at radius 2 is 1.55 bits per heavy atom. The molecule has 0 aliphatic carbocycles. The molecule has 100 valence electrons. The lowest BCUT2D eigenvalue weighted by molar-refractivity contribution is 0.589. The largest absolute Gasteiger partial charge is 0.286 e.